The molecule has 1 N–H and O–H groups in total. The summed E-state index contributed by atoms with van der Waals surface area (Å²) in [6, 6.07) is 8.71. The molecule has 3 nitrogen and oxygen atoms in total. The minimum atomic E-state index is 0.534. The zero-order chi connectivity index (χ0) is 14.5. The minimum Gasteiger partial charge on any atom is -0.380 e. The van der Waals surface area contributed by atoms with Crippen molar-refractivity contribution in [2.45, 2.75) is 38.8 Å². The van der Waals surface area contributed by atoms with Gasteiger partial charge < -0.3 is 10.1 Å². The Bertz CT molecular complexity index is 449. The van der Waals surface area contributed by atoms with Gasteiger partial charge in [0.05, 0.1) is 6.61 Å². The monoisotopic (exact) mass is 288 g/mol. The van der Waals surface area contributed by atoms with Crippen LogP contribution in [0.5, 0.6) is 0 Å². The van der Waals surface area contributed by atoms with Gasteiger partial charge in [0.15, 0.2) is 0 Å². The number of hydrogen-bond acceptors (Lipinski definition) is 3. The van der Waals surface area contributed by atoms with E-state index in [0.717, 1.165) is 13.2 Å². The first-order valence-corrected chi connectivity index (χ1v) is 8.30. The first kappa shape index (κ1) is 15.0. The highest BCUT2D eigenvalue weighted by atomic mass is 16.5. The summed E-state index contributed by atoms with van der Waals surface area (Å²) in [7, 11) is 1.78. The highest BCUT2D eigenvalue weighted by Gasteiger charge is 2.36. The molecule has 2 aliphatic rings. The lowest BCUT2D eigenvalue weighted by molar-refractivity contribution is 0.0595. The number of methoxy groups -OCH3 is 1. The van der Waals surface area contributed by atoms with Gasteiger partial charge in [-0.3, -0.25) is 4.90 Å². The number of nitrogens with zero attached hydrogens (tertiary/aromatic N) is 1. The third-order valence-electron chi connectivity index (χ3n) is 5.11. The maximum Gasteiger partial charge on any atom is 0.0716 e. The largest absolute Gasteiger partial charge is 0.380 e. The van der Waals surface area contributed by atoms with Crippen molar-refractivity contribution in [3.63, 3.8) is 0 Å². The van der Waals surface area contributed by atoms with E-state index in [9.17, 15) is 0 Å². The number of likely N-dealkylation sites (tertiary alicyclic amines) is 1. The molecule has 2 fully saturated rings. The fourth-order valence-electron chi connectivity index (χ4n) is 4.07. The van der Waals surface area contributed by atoms with E-state index in [4.69, 9.17) is 4.74 Å². The second-order valence-corrected chi connectivity index (χ2v) is 6.80. The van der Waals surface area contributed by atoms with Crippen LogP contribution >= 0.6 is 0 Å². The van der Waals surface area contributed by atoms with Crippen LogP contribution in [0.3, 0.4) is 0 Å². The van der Waals surface area contributed by atoms with Gasteiger partial charge in [0.2, 0.25) is 0 Å². The van der Waals surface area contributed by atoms with Gasteiger partial charge in [0, 0.05) is 26.7 Å². The van der Waals surface area contributed by atoms with E-state index in [-0.39, 0.29) is 0 Å². The second kappa shape index (κ2) is 6.91. The molecule has 2 aliphatic heterocycles. The number of ether oxygens (including phenoxy) is 1. The van der Waals surface area contributed by atoms with Crippen LogP contribution in [0.2, 0.25) is 0 Å². The van der Waals surface area contributed by atoms with Crippen LogP contribution in [-0.4, -0.2) is 38.2 Å². The Labute approximate surface area is 128 Å². The maximum absolute atomic E-state index is 5.34. The Morgan fingerprint density at radius 1 is 1.19 bits per heavy atom. The number of rotatable bonds is 4. The molecule has 0 radical (unpaired) electrons. The fraction of sp³-hybridized carbons (Fsp3) is 0.667. The third-order valence-corrected chi connectivity index (χ3v) is 5.11. The van der Waals surface area contributed by atoms with Crippen molar-refractivity contribution in [3.05, 3.63) is 35.4 Å². The molecule has 0 aliphatic carbocycles. The van der Waals surface area contributed by atoms with Gasteiger partial charge in [-0.1, -0.05) is 24.3 Å². The van der Waals surface area contributed by atoms with Crippen LogP contribution in [0.25, 0.3) is 0 Å². The van der Waals surface area contributed by atoms with Crippen LogP contribution in [-0.2, 0) is 17.9 Å². The highest BCUT2D eigenvalue weighted by molar-refractivity contribution is 5.26. The summed E-state index contributed by atoms with van der Waals surface area (Å²) in [6.07, 6.45) is 5.48. The average molecular weight is 288 g/mol. The van der Waals surface area contributed by atoms with E-state index in [2.05, 4.69) is 34.5 Å². The molecule has 116 valence electrons. The summed E-state index contributed by atoms with van der Waals surface area (Å²) >= 11 is 0. The molecule has 0 aromatic heterocycles. The van der Waals surface area contributed by atoms with Gasteiger partial charge in [-0.25, -0.2) is 0 Å². The Hall–Kier alpha value is -0.900. The highest BCUT2D eigenvalue weighted by Crippen LogP contribution is 2.36. The van der Waals surface area contributed by atoms with Crippen LogP contribution in [0, 0.1) is 5.41 Å². The van der Waals surface area contributed by atoms with Crippen molar-refractivity contribution in [1.82, 2.24) is 10.2 Å². The first-order valence-electron chi connectivity index (χ1n) is 8.30. The quantitative estimate of drug-likeness (QED) is 0.922. The molecule has 1 aromatic rings. The molecule has 2 saturated heterocycles. The first-order chi connectivity index (χ1) is 10.3. The Kier molecular flexibility index (Phi) is 4.94. The van der Waals surface area contributed by atoms with Crippen molar-refractivity contribution in [2.24, 2.45) is 5.41 Å². The summed E-state index contributed by atoms with van der Waals surface area (Å²) < 4.78 is 5.34. The Balaban J connectivity index is 1.67. The topological polar surface area (TPSA) is 24.5 Å². The van der Waals surface area contributed by atoms with Gasteiger partial charge in [-0.15, -0.1) is 0 Å². The molecule has 0 amide bonds. The lowest BCUT2D eigenvalue weighted by Gasteiger charge is -2.45. The van der Waals surface area contributed by atoms with Gasteiger partial charge in [-0.05, 0) is 55.3 Å². The van der Waals surface area contributed by atoms with Crippen molar-refractivity contribution in [1.29, 1.82) is 0 Å². The summed E-state index contributed by atoms with van der Waals surface area (Å²) in [6.45, 7) is 6.70. The van der Waals surface area contributed by atoms with E-state index in [1.54, 1.807) is 7.11 Å². The molecule has 3 heteroatoms. The molecule has 1 atom stereocenters. The normalized spacial score (nSPS) is 27.1. The smallest absolute Gasteiger partial charge is 0.0716 e. The number of benzene rings is 1. The maximum atomic E-state index is 5.34. The second-order valence-electron chi connectivity index (χ2n) is 6.80. The summed E-state index contributed by atoms with van der Waals surface area (Å²) in [5.41, 5.74) is 3.30. The summed E-state index contributed by atoms with van der Waals surface area (Å²) in [5.74, 6) is 0. The summed E-state index contributed by atoms with van der Waals surface area (Å²) in [4.78, 5) is 2.66. The van der Waals surface area contributed by atoms with Crippen LogP contribution in [0.1, 0.15) is 36.8 Å². The van der Waals surface area contributed by atoms with Gasteiger partial charge >= 0.3 is 0 Å². The predicted octanol–water partition coefficient (Wildman–Crippen LogP) is 2.80. The van der Waals surface area contributed by atoms with E-state index in [0.29, 0.717) is 5.41 Å². The molecule has 21 heavy (non-hydrogen) atoms. The van der Waals surface area contributed by atoms with Gasteiger partial charge in [0.1, 0.15) is 0 Å². The van der Waals surface area contributed by atoms with E-state index >= 15 is 0 Å². The molecule has 0 bridgehead atoms. The SMILES string of the molecule is COCc1ccccc1CN1CCCC2(CCCNC2)C1. The Morgan fingerprint density at radius 3 is 2.76 bits per heavy atom. The molecule has 2 heterocycles. The van der Waals surface area contributed by atoms with Crippen LogP contribution < -0.4 is 5.32 Å². The fourth-order valence-corrected chi connectivity index (χ4v) is 4.07. The van der Waals surface area contributed by atoms with Crippen LogP contribution in [0.4, 0.5) is 0 Å². The van der Waals surface area contributed by atoms with Crippen molar-refractivity contribution >= 4 is 0 Å². The van der Waals surface area contributed by atoms with E-state index in [1.165, 1.54) is 63.0 Å². The van der Waals surface area contributed by atoms with Crippen molar-refractivity contribution in [3.8, 4) is 0 Å². The third kappa shape index (κ3) is 3.65. The molecule has 1 unspecified atom stereocenters. The minimum absolute atomic E-state index is 0.534. The molecule has 1 aromatic carbocycles. The Morgan fingerprint density at radius 2 is 2.00 bits per heavy atom. The standard InChI is InChI=1S/C18H28N2O/c1-21-13-17-7-3-2-6-16(17)12-20-11-5-9-18(15-20)8-4-10-19-14-18/h2-3,6-7,19H,4-5,8-15H2,1H3. The molecule has 3 rings (SSSR count). The van der Waals surface area contributed by atoms with Gasteiger partial charge in [0.25, 0.3) is 0 Å². The predicted molar refractivity (Wildman–Crippen MR) is 86.2 cm³/mol. The lowest BCUT2D eigenvalue weighted by atomic mass is 9.74. The molecule has 1 spiro atoms. The average Bonchev–Trinajstić information content (AvgIpc) is 2.50. The lowest BCUT2D eigenvalue weighted by Crippen LogP contribution is -2.50. The van der Waals surface area contributed by atoms with Crippen molar-refractivity contribution < 1.29 is 4.74 Å². The molecular weight excluding hydrogens is 260 g/mol. The number of hydrogen-bond donors (Lipinski definition) is 1. The van der Waals surface area contributed by atoms with E-state index < -0.39 is 0 Å². The zero-order valence-corrected chi connectivity index (χ0v) is 13.2. The van der Waals surface area contributed by atoms with Crippen LogP contribution in [0.15, 0.2) is 24.3 Å². The molecular formula is C18H28N2O. The van der Waals surface area contributed by atoms with Crippen molar-refractivity contribution in [2.75, 3.05) is 33.3 Å². The summed E-state index contributed by atoms with van der Waals surface area (Å²) in [5, 5.41) is 3.61. The number of nitrogens with one attached hydrogen (secondary N) is 1. The van der Waals surface area contributed by atoms with E-state index in [1.807, 2.05) is 0 Å². The number of piperidine rings is 2. The van der Waals surface area contributed by atoms with Gasteiger partial charge in [-0.2, -0.15) is 0 Å². The molecule has 0 saturated carbocycles. The zero-order valence-electron chi connectivity index (χ0n) is 13.2.